The first kappa shape index (κ1) is 17.9. The summed E-state index contributed by atoms with van der Waals surface area (Å²) in [4.78, 5) is 15.6. The van der Waals surface area contributed by atoms with E-state index in [0.717, 1.165) is 6.26 Å². The monoisotopic (exact) mass is 379 g/mol. The van der Waals surface area contributed by atoms with Gasteiger partial charge in [-0.1, -0.05) is 13.0 Å². The average Bonchev–Trinajstić information content (AvgIpc) is 2.37. The van der Waals surface area contributed by atoms with Crippen molar-refractivity contribution in [1.29, 1.82) is 0 Å². The molecular formula is C12H18BrN3O4S. The number of sulfone groups is 1. The number of carbonyl (C=O) groups excluding carboxylic acids is 1. The van der Waals surface area contributed by atoms with Crippen LogP contribution in [-0.2, 0) is 14.6 Å². The van der Waals surface area contributed by atoms with Crippen molar-refractivity contribution in [2.45, 2.75) is 25.0 Å². The predicted octanol–water partition coefficient (Wildman–Crippen LogP) is 1.60. The molecule has 1 unspecified atom stereocenters. The molecule has 1 rings (SSSR count). The number of hydrogen-bond acceptors (Lipinski definition) is 6. The van der Waals surface area contributed by atoms with E-state index in [-0.39, 0.29) is 11.6 Å². The summed E-state index contributed by atoms with van der Waals surface area (Å²) in [6.07, 6.45) is -0.274. The summed E-state index contributed by atoms with van der Waals surface area (Å²) in [5.41, 5.74) is 0.357. The van der Waals surface area contributed by atoms with Gasteiger partial charge < -0.3 is 10.1 Å². The van der Waals surface area contributed by atoms with Crippen molar-refractivity contribution in [3.8, 4) is 0 Å². The molecular weight excluding hydrogens is 362 g/mol. The lowest BCUT2D eigenvalue weighted by molar-refractivity contribution is 0.145. The molecule has 1 aromatic heterocycles. The summed E-state index contributed by atoms with van der Waals surface area (Å²) in [5, 5.41) is 5.47. The van der Waals surface area contributed by atoms with Gasteiger partial charge in [-0.05, 0) is 35.5 Å². The second-order valence-corrected chi connectivity index (χ2v) is 6.90. The Morgan fingerprint density at radius 3 is 2.62 bits per heavy atom. The number of hydrogen-bond donors (Lipinski definition) is 2. The Morgan fingerprint density at radius 1 is 1.43 bits per heavy atom. The topological polar surface area (TPSA) is 97.4 Å². The Labute approximate surface area is 132 Å². The van der Waals surface area contributed by atoms with Crippen LogP contribution in [0.2, 0.25) is 0 Å². The van der Waals surface area contributed by atoms with Crippen molar-refractivity contribution in [3.63, 3.8) is 0 Å². The van der Waals surface area contributed by atoms with Crippen LogP contribution >= 0.6 is 15.9 Å². The maximum absolute atomic E-state index is 11.9. The second kappa shape index (κ2) is 7.71. The highest BCUT2D eigenvalue weighted by Crippen LogP contribution is 2.22. The molecule has 1 atom stereocenters. The van der Waals surface area contributed by atoms with Crippen molar-refractivity contribution in [3.05, 3.63) is 22.3 Å². The molecule has 0 spiro atoms. The first-order chi connectivity index (χ1) is 9.79. The molecule has 0 aromatic carbocycles. The Bertz CT molecular complexity index is 607. The molecule has 0 fully saturated rings. The summed E-state index contributed by atoms with van der Waals surface area (Å²) in [7, 11) is -3.54. The predicted molar refractivity (Wildman–Crippen MR) is 81.6 cm³/mol. The molecule has 0 radical (unpaired) electrons. The van der Waals surface area contributed by atoms with E-state index in [0.29, 0.717) is 16.7 Å². The number of rotatable bonds is 6. The van der Waals surface area contributed by atoms with Gasteiger partial charge in [0.2, 0.25) is 0 Å². The SMILES string of the molecule is CCNC(NC(=O)OCC)c1ccc(Br)nc1S(C)(=O)=O. The van der Waals surface area contributed by atoms with Crippen molar-refractivity contribution >= 4 is 31.9 Å². The summed E-state index contributed by atoms with van der Waals surface area (Å²) in [6, 6.07) is 3.20. The first-order valence-electron chi connectivity index (χ1n) is 6.32. The molecule has 0 saturated carbocycles. The third-order valence-electron chi connectivity index (χ3n) is 2.46. The maximum atomic E-state index is 11.9. The van der Waals surface area contributed by atoms with Crippen LogP contribution in [0.25, 0.3) is 0 Å². The van der Waals surface area contributed by atoms with Crippen LogP contribution in [0, 0.1) is 0 Å². The number of alkyl carbamates (subject to hydrolysis) is 1. The number of amides is 1. The van der Waals surface area contributed by atoms with E-state index >= 15 is 0 Å². The van der Waals surface area contributed by atoms with E-state index in [1.54, 1.807) is 19.1 Å². The number of aromatic nitrogens is 1. The highest BCUT2D eigenvalue weighted by molar-refractivity contribution is 9.10. The molecule has 0 bridgehead atoms. The minimum absolute atomic E-state index is 0.0976. The zero-order chi connectivity index (χ0) is 16.0. The number of halogens is 1. The molecule has 0 aliphatic rings. The van der Waals surface area contributed by atoms with Crippen LogP contribution in [0.3, 0.4) is 0 Å². The van der Waals surface area contributed by atoms with E-state index < -0.39 is 22.1 Å². The van der Waals surface area contributed by atoms with Gasteiger partial charge >= 0.3 is 6.09 Å². The average molecular weight is 380 g/mol. The van der Waals surface area contributed by atoms with Crippen LogP contribution in [-0.4, -0.2) is 38.9 Å². The van der Waals surface area contributed by atoms with Gasteiger partial charge in [0.05, 0.1) is 6.61 Å². The van der Waals surface area contributed by atoms with Crippen LogP contribution in [0.4, 0.5) is 4.79 Å². The molecule has 0 saturated heterocycles. The highest BCUT2D eigenvalue weighted by atomic mass is 79.9. The summed E-state index contributed by atoms with van der Waals surface area (Å²) < 4.78 is 29.0. The summed E-state index contributed by atoms with van der Waals surface area (Å²) in [6.45, 7) is 4.27. The number of carbonyl (C=O) groups is 1. The fourth-order valence-electron chi connectivity index (χ4n) is 1.68. The van der Waals surface area contributed by atoms with Gasteiger partial charge in [0.15, 0.2) is 14.9 Å². The lowest BCUT2D eigenvalue weighted by Gasteiger charge is -2.21. The van der Waals surface area contributed by atoms with Crippen molar-refractivity contribution in [1.82, 2.24) is 15.6 Å². The molecule has 2 N–H and O–H groups in total. The molecule has 0 aliphatic heterocycles. The lowest BCUT2D eigenvalue weighted by atomic mass is 10.2. The summed E-state index contributed by atoms with van der Waals surface area (Å²) in [5.74, 6) is 0. The zero-order valence-corrected chi connectivity index (χ0v) is 14.4. The van der Waals surface area contributed by atoms with Gasteiger partial charge in [0.25, 0.3) is 0 Å². The fraction of sp³-hybridized carbons (Fsp3) is 0.500. The molecule has 1 aromatic rings. The number of nitrogens with zero attached hydrogens (tertiary/aromatic N) is 1. The number of ether oxygens (including phenoxy) is 1. The normalized spacial score (nSPS) is 12.8. The van der Waals surface area contributed by atoms with Crippen LogP contribution in [0.5, 0.6) is 0 Å². The molecule has 118 valence electrons. The third-order valence-corrected chi connectivity index (χ3v) is 3.93. The number of nitrogens with one attached hydrogen (secondary N) is 2. The van der Waals surface area contributed by atoms with Crippen molar-refractivity contribution in [2.24, 2.45) is 0 Å². The number of pyridine rings is 1. The van der Waals surface area contributed by atoms with Crippen molar-refractivity contribution < 1.29 is 17.9 Å². The van der Waals surface area contributed by atoms with Gasteiger partial charge in [0, 0.05) is 11.8 Å². The third kappa shape index (κ3) is 5.25. The molecule has 9 heteroatoms. The summed E-state index contributed by atoms with van der Waals surface area (Å²) >= 11 is 3.14. The van der Waals surface area contributed by atoms with Gasteiger partial charge in [-0.15, -0.1) is 0 Å². The largest absolute Gasteiger partial charge is 0.450 e. The smallest absolute Gasteiger partial charge is 0.408 e. The highest BCUT2D eigenvalue weighted by Gasteiger charge is 2.23. The first-order valence-corrected chi connectivity index (χ1v) is 9.01. The molecule has 1 amide bonds. The van der Waals surface area contributed by atoms with E-state index in [1.807, 2.05) is 6.92 Å². The van der Waals surface area contributed by atoms with Gasteiger partial charge in [-0.25, -0.2) is 18.2 Å². The van der Waals surface area contributed by atoms with E-state index in [2.05, 4.69) is 31.5 Å². The minimum atomic E-state index is -3.54. The fourth-order valence-corrected chi connectivity index (χ4v) is 2.98. The quantitative estimate of drug-likeness (QED) is 0.575. The molecule has 7 nitrogen and oxygen atoms in total. The maximum Gasteiger partial charge on any atom is 0.408 e. The molecule has 0 aliphatic carbocycles. The van der Waals surface area contributed by atoms with Gasteiger partial charge in [-0.2, -0.15) is 0 Å². The second-order valence-electron chi connectivity index (χ2n) is 4.16. The van der Waals surface area contributed by atoms with E-state index in [4.69, 9.17) is 4.74 Å². The van der Waals surface area contributed by atoms with Crippen LogP contribution in [0.1, 0.15) is 25.6 Å². The lowest BCUT2D eigenvalue weighted by Crippen LogP contribution is -2.39. The van der Waals surface area contributed by atoms with E-state index in [1.165, 1.54) is 0 Å². The van der Waals surface area contributed by atoms with Gasteiger partial charge in [-0.3, -0.25) is 5.32 Å². The van der Waals surface area contributed by atoms with Crippen molar-refractivity contribution in [2.75, 3.05) is 19.4 Å². The molecule has 21 heavy (non-hydrogen) atoms. The zero-order valence-electron chi connectivity index (χ0n) is 12.0. The van der Waals surface area contributed by atoms with Crippen LogP contribution in [0.15, 0.2) is 21.8 Å². The Kier molecular flexibility index (Phi) is 6.56. The minimum Gasteiger partial charge on any atom is -0.450 e. The van der Waals surface area contributed by atoms with Crippen LogP contribution < -0.4 is 10.6 Å². The van der Waals surface area contributed by atoms with Gasteiger partial charge in [0.1, 0.15) is 10.8 Å². The Hall–Kier alpha value is -1.19. The Balaban J connectivity index is 3.22. The standard InChI is InChI=1S/C12H18BrN3O4S/c1-4-14-10(16-12(17)20-5-2)8-6-7-9(13)15-11(8)21(3,18)19/h6-7,10,14H,4-5H2,1-3H3,(H,16,17). The van der Waals surface area contributed by atoms with E-state index in [9.17, 15) is 13.2 Å². The molecule has 1 heterocycles. The Morgan fingerprint density at radius 2 is 2.10 bits per heavy atom.